The van der Waals surface area contributed by atoms with Crippen molar-refractivity contribution in [3.63, 3.8) is 0 Å². The fraction of sp³-hybridized carbons (Fsp3) is 1.00. The van der Waals surface area contributed by atoms with E-state index in [0.29, 0.717) is 0 Å². The average molecular weight is 200 g/mol. The van der Waals surface area contributed by atoms with E-state index in [0.717, 1.165) is 0 Å². The first-order valence-corrected chi connectivity index (χ1v) is 2.49. The van der Waals surface area contributed by atoms with Crippen molar-refractivity contribution in [3.05, 3.63) is 0 Å². The maximum absolute atomic E-state index is 11.5. The highest BCUT2D eigenvalue weighted by atomic mass is 31.0. The smallest absolute Gasteiger partial charge is 0.194 e. The molecule has 0 amide bonds. The van der Waals surface area contributed by atoms with Gasteiger partial charge in [0.15, 0.2) is 0 Å². The quantitative estimate of drug-likeness (QED) is 0.450. The van der Waals surface area contributed by atoms with E-state index in [4.69, 9.17) is 0 Å². The normalized spacial score (nSPS) is 15.3. The Kier molecular flexibility index (Phi) is 2.45. The van der Waals surface area contributed by atoms with E-state index in [1.807, 2.05) is 9.24 Å². The Labute approximate surface area is 59.0 Å². The van der Waals surface area contributed by atoms with Crippen LogP contribution in [0.4, 0.5) is 30.7 Å². The molecule has 0 atom stereocenters. The molecule has 0 spiro atoms. The molecule has 0 heterocycles. The fourth-order valence-corrected chi connectivity index (χ4v) is 0.297. The molecule has 0 aromatic rings. The highest BCUT2D eigenvalue weighted by Gasteiger charge is 2.71. The maximum atomic E-state index is 11.5. The third-order valence-corrected chi connectivity index (χ3v) is 1.01. The summed E-state index contributed by atoms with van der Waals surface area (Å²) in [5, 5.41) is 0. The Hall–Kier alpha value is -0.0600. The molecule has 66 valence electrons. The molecule has 0 aliphatic rings. The van der Waals surface area contributed by atoms with Gasteiger partial charge in [0.05, 0.1) is 0 Å². The average Bonchev–Trinajstić information content (AvgIpc) is 1.58. The lowest BCUT2D eigenvalue weighted by Gasteiger charge is -2.23. The second-order valence-electron chi connectivity index (χ2n) is 1.61. The van der Waals surface area contributed by atoms with Crippen molar-refractivity contribution in [1.29, 1.82) is 0 Å². The van der Waals surface area contributed by atoms with Gasteiger partial charge in [0.25, 0.3) is 0 Å². The number of hydrogen-bond donors (Lipinski definition) is 0. The van der Waals surface area contributed by atoms with Crippen molar-refractivity contribution >= 4 is 9.24 Å². The van der Waals surface area contributed by atoms with Crippen LogP contribution in [0.15, 0.2) is 0 Å². The third-order valence-electron chi connectivity index (χ3n) is 0.734. The Bertz CT molecular complexity index is 125. The molecule has 0 bridgehead atoms. The third kappa shape index (κ3) is 1.95. The van der Waals surface area contributed by atoms with E-state index in [1.165, 1.54) is 0 Å². The summed E-state index contributed by atoms with van der Waals surface area (Å²) in [6, 6.07) is 0. The summed E-state index contributed by atoms with van der Waals surface area (Å²) in [6.45, 7) is 0. The summed E-state index contributed by atoms with van der Waals surface area (Å²) < 4.78 is 78.9. The topological polar surface area (TPSA) is 0 Å². The van der Waals surface area contributed by atoms with E-state index in [9.17, 15) is 30.7 Å². The molecule has 0 aromatic heterocycles. The van der Waals surface area contributed by atoms with Gasteiger partial charge >= 0.3 is 17.8 Å². The largest absolute Gasteiger partial charge is 0.460 e. The molecule has 0 unspecified atom stereocenters. The van der Waals surface area contributed by atoms with Crippen LogP contribution < -0.4 is 0 Å². The second kappa shape index (κ2) is 2.47. The van der Waals surface area contributed by atoms with Gasteiger partial charge < -0.3 is 0 Å². The van der Waals surface area contributed by atoms with Crippen LogP contribution in [-0.2, 0) is 0 Å². The van der Waals surface area contributed by atoms with Crippen LogP contribution in [0.25, 0.3) is 0 Å². The number of alkyl halides is 7. The first-order chi connectivity index (χ1) is 4.50. The van der Waals surface area contributed by atoms with Crippen molar-refractivity contribution in [3.8, 4) is 0 Å². The van der Waals surface area contributed by atoms with Crippen LogP contribution in [-0.4, -0.2) is 17.8 Å². The monoisotopic (exact) mass is 200 g/mol. The van der Waals surface area contributed by atoms with E-state index >= 15 is 0 Å². The predicted octanol–water partition coefficient (Wildman–Crippen LogP) is 3.19. The molecule has 0 N–H and O–H groups in total. The minimum absolute atomic E-state index is 1.83. The lowest BCUT2D eigenvalue weighted by molar-refractivity contribution is -0.330. The van der Waals surface area contributed by atoms with Crippen molar-refractivity contribution < 1.29 is 30.7 Å². The zero-order valence-electron chi connectivity index (χ0n) is 4.59. The zero-order valence-corrected chi connectivity index (χ0v) is 5.49. The van der Waals surface area contributed by atoms with Crippen LogP contribution in [0.1, 0.15) is 0 Å². The van der Waals surface area contributed by atoms with E-state index < -0.39 is 17.8 Å². The van der Waals surface area contributed by atoms with Gasteiger partial charge in [-0.1, -0.05) is 0 Å². The van der Waals surface area contributed by atoms with Crippen LogP contribution in [0.3, 0.4) is 0 Å². The second-order valence-corrected chi connectivity index (χ2v) is 2.18. The molecule has 0 rings (SSSR count). The van der Waals surface area contributed by atoms with E-state index in [-0.39, 0.29) is 0 Å². The summed E-state index contributed by atoms with van der Waals surface area (Å²) in [6.07, 6.45) is -6.28. The van der Waals surface area contributed by atoms with Crippen LogP contribution in [0.2, 0.25) is 0 Å². The summed E-state index contributed by atoms with van der Waals surface area (Å²) in [4.78, 5) is 0. The summed E-state index contributed by atoms with van der Waals surface area (Å²) in [5.41, 5.74) is -5.38. The lowest BCUT2D eigenvalue weighted by Crippen LogP contribution is -2.48. The van der Waals surface area contributed by atoms with Crippen LogP contribution >= 0.6 is 9.24 Å². The molecule has 0 nitrogen and oxygen atoms in total. The molecule has 0 aromatic carbocycles. The Morgan fingerprint density at radius 2 is 1.00 bits per heavy atom. The van der Waals surface area contributed by atoms with E-state index in [1.54, 1.807) is 0 Å². The van der Waals surface area contributed by atoms with E-state index in [2.05, 4.69) is 0 Å². The molecular weight excluding hydrogens is 200 g/mol. The summed E-state index contributed by atoms with van der Waals surface area (Å²) in [5.74, 6) is -6.09. The molecule has 0 aliphatic heterocycles. The first kappa shape index (κ1) is 10.9. The van der Waals surface area contributed by atoms with Gasteiger partial charge in [0, 0.05) is 9.24 Å². The van der Waals surface area contributed by atoms with Crippen molar-refractivity contribution in [2.75, 3.05) is 0 Å². The molecule has 0 aliphatic carbocycles. The Balaban J connectivity index is 4.75. The Morgan fingerprint density at radius 3 is 1.00 bits per heavy atom. The van der Waals surface area contributed by atoms with Crippen molar-refractivity contribution in [2.45, 2.75) is 17.8 Å². The fourth-order valence-electron chi connectivity index (χ4n) is 0.171. The number of halogens is 7. The van der Waals surface area contributed by atoms with Crippen molar-refractivity contribution in [2.24, 2.45) is 0 Å². The molecule has 0 fully saturated rings. The number of rotatable bonds is 1. The highest BCUT2D eigenvalue weighted by molar-refractivity contribution is 7.18. The SMILES string of the molecule is FC(F)(F)C(F)(F)C(F)(F)[P]. The highest BCUT2D eigenvalue weighted by Crippen LogP contribution is 2.49. The minimum Gasteiger partial charge on any atom is -0.194 e. The van der Waals surface area contributed by atoms with Gasteiger partial charge in [0.2, 0.25) is 0 Å². The number of hydrogen-bond acceptors (Lipinski definition) is 0. The summed E-state index contributed by atoms with van der Waals surface area (Å²) in [7, 11) is 1.83. The molecule has 2 radical (unpaired) electrons. The molecule has 11 heavy (non-hydrogen) atoms. The van der Waals surface area contributed by atoms with Gasteiger partial charge in [-0.3, -0.25) is 0 Å². The maximum Gasteiger partial charge on any atom is 0.460 e. The lowest BCUT2D eigenvalue weighted by atomic mass is 10.3. The first-order valence-electron chi connectivity index (χ1n) is 2.05. The standard InChI is InChI=1S/C3F7P/c4-1(5,2(6,7)8)3(9,10)11. The van der Waals surface area contributed by atoms with Gasteiger partial charge in [0.1, 0.15) is 0 Å². The summed E-state index contributed by atoms with van der Waals surface area (Å²) >= 11 is 0. The molecular formula is C3F7P. The minimum atomic E-state index is -6.28. The van der Waals surface area contributed by atoms with Gasteiger partial charge in [-0.2, -0.15) is 30.7 Å². The van der Waals surface area contributed by atoms with Crippen molar-refractivity contribution in [1.82, 2.24) is 0 Å². The molecule has 0 saturated carbocycles. The Morgan fingerprint density at radius 1 is 0.727 bits per heavy atom. The van der Waals surface area contributed by atoms with Gasteiger partial charge in [-0.15, -0.1) is 0 Å². The van der Waals surface area contributed by atoms with Crippen LogP contribution in [0.5, 0.6) is 0 Å². The van der Waals surface area contributed by atoms with Crippen LogP contribution in [0, 0.1) is 0 Å². The van der Waals surface area contributed by atoms with Gasteiger partial charge in [-0.05, 0) is 0 Å². The molecule has 8 heteroatoms. The van der Waals surface area contributed by atoms with Gasteiger partial charge in [-0.25, -0.2) is 0 Å². The zero-order chi connectivity index (χ0) is 9.50. The predicted molar refractivity (Wildman–Crippen MR) is 22.9 cm³/mol. The molecule has 0 saturated heterocycles.